The van der Waals surface area contributed by atoms with E-state index in [0.717, 1.165) is 12.1 Å². The largest absolute Gasteiger partial charge is 1.00 e. The van der Waals surface area contributed by atoms with E-state index in [9.17, 15) is 27.5 Å². The number of carboxylic acid groups (broad SMARTS) is 1. The number of nitrogen functional groups attached to an aromatic ring is 1. The number of allylic oxidation sites excluding steroid dienone is 2. The van der Waals surface area contributed by atoms with Gasteiger partial charge in [-0.25, -0.2) is 9.37 Å². The number of halogens is 5. The van der Waals surface area contributed by atoms with Gasteiger partial charge in [0.05, 0.1) is 11.5 Å². The maximum atomic E-state index is 14.2. The third-order valence-corrected chi connectivity index (χ3v) is 5.88. The molecule has 0 aliphatic heterocycles. The van der Waals surface area contributed by atoms with Crippen molar-refractivity contribution in [3.05, 3.63) is 87.3 Å². The van der Waals surface area contributed by atoms with Crippen LogP contribution in [-0.4, -0.2) is 11.0 Å². The number of nitrogens with zero attached hydrogens (tertiary/aromatic N) is 1. The summed E-state index contributed by atoms with van der Waals surface area (Å²) in [5, 5.41) is 11.6. The Morgan fingerprint density at radius 2 is 1.83 bits per heavy atom. The van der Waals surface area contributed by atoms with E-state index in [1.807, 2.05) is 0 Å². The van der Waals surface area contributed by atoms with Crippen LogP contribution < -0.4 is 45.1 Å². The summed E-state index contributed by atoms with van der Waals surface area (Å²) in [7, 11) is 0. The van der Waals surface area contributed by atoms with Gasteiger partial charge in [0, 0.05) is 28.0 Å². The number of benzene rings is 2. The van der Waals surface area contributed by atoms with Crippen LogP contribution in [0.4, 0.5) is 23.2 Å². The number of pyridine rings is 1. The van der Waals surface area contributed by atoms with E-state index in [1.165, 1.54) is 24.3 Å². The molecule has 1 aromatic heterocycles. The van der Waals surface area contributed by atoms with Gasteiger partial charge in [-0.3, -0.25) is 0 Å². The Balaban J connectivity index is 0.00000361. The van der Waals surface area contributed by atoms with Crippen LogP contribution >= 0.6 is 11.6 Å². The second-order valence-corrected chi connectivity index (χ2v) is 8.48. The first-order valence-corrected chi connectivity index (χ1v) is 10.9. The second kappa shape index (κ2) is 11.2. The van der Waals surface area contributed by atoms with E-state index in [1.54, 1.807) is 6.07 Å². The number of hydrogen-bond donors (Lipinski definition) is 1. The van der Waals surface area contributed by atoms with Crippen LogP contribution in [0, 0.1) is 5.82 Å². The molecule has 0 atom stereocenters. The van der Waals surface area contributed by atoms with Gasteiger partial charge in [-0.2, -0.15) is 13.2 Å². The van der Waals surface area contributed by atoms with E-state index in [4.69, 9.17) is 22.1 Å². The van der Waals surface area contributed by atoms with Gasteiger partial charge in [0.15, 0.2) is 0 Å². The zero-order valence-electron chi connectivity index (χ0n) is 19.1. The van der Waals surface area contributed by atoms with Crippen LogP contribution in [0.3, 0.4) is 0 Å². The van der Waals surface area contributed by atoms with Gasteiger partial charge >= 0.3 is 35.7 Å². The molecule has 2 aromatic carbocycles. The maximum Gasteiger partial charge on any atom is 1.00 e. The van der Waals surface area contributed by atoms with Gasteiger partial charge in [-0.15, -0.1) is 0 Å². The summed E-state index contributed by atoms with van der Waals surface area (Å²) < 4.78 is 60.3. The zero-order valence-corrected chi connectivity index (χ0v) is 21.8. The topological polar surface area (TPSA) is 88.3 Å². The first-order valence-electron chi connectivity index (χ1n) is 10.5. The van der Waals surface area contributed by atoms with Gasteiger partial charge in [0.2, 0.25) is 5.88 Å². The molecule has 11 heteroatoms. The second-order valence-electron chi connectivity index (χ2n) is 8.04. The molecule has 0 amide bonds. The number of rotatable bonds is 6. The quantitative estimate of drug-likeness (QED) is 0.302. The van der Waals surface area contributed by atoms with E-state index in [2.05, 4.69) is 4.98 Å². The van der Waals surface area contributed by atoms with Crippen molar-refractivity contribution in [2.24, 2.45) is 0 Å². The molecule has 1 heterocycles. The Bertz CT molecular complexity index is 1350. The van der Waals surface area contributed by atoms with Crippen LogP contribution in [0.1, 0.15) is 51.9 Å². The Hall–Kier alpha value is -2.59. The fraction of sp³-hybridized carbons (Fsp3) is 0.200. The zero-order chi connectivity index (χ0) is 25.3. The number of aromatic carboxylic acids is 1. The molecule has 0 radical (unpaired) electrons. The van der Waals surface area contributed by atoms with Crippen molar-refractivity contribution < 1.29 is 61.8 Å². The third-order valence-electron chi connectivity index (χ3n) is 5.64. The molecule has 182 valence electrons. The Morgan fingerprint density at radius 1 is 1.11 bits per heavy atom. The molecule has 4 rings (SSSR count). The van der Waals surface area contributed by atoms with Gasteiger partial charge in [-0.1, -0.05) is 17.7 Å². The maximum absolute atomic E-state index is 14.2. The van der Waals surface area contributed by atoms with Crippen molar-refractivity contribution in [3.8, 4) is 5.88 Å². The van der Waals surface area contributed by atoms with Crippen LogP contribution in [0.5, 0.6) is 5.88 Å². The molecule has 1 aliphatic carbocycles. The summed E-state index contributed by atoms with van der Waals surface area (Å²) in [4.78, 5) is 15.3. The van der Waals surface area contributed by atoms with Crippen molar-refractivity contribution in [1.82, 2.24) is 4.98 Å². The summed E-state index contributed by atoms with van der Waals surface area (Å²) in [5.74, 6) is -2.15. The monoisotopic (exact) mass is 528 g/mol. The predicted molar refractivity (Wildman–Crippen MR) is 121 cm³/mol. The number of alkyl halides is 3. The molecular formula is C25H18ClF4N2NaO3. The molecule has 3 aromatic rings. The van der Waals surface area contributed by atoms with Crippen LogP contribution in [0.25, 0.3) is 11.1 Å². The number of anilines is 1. The molecule has 0 unspecified atom stereocenters. The summed E-state index contributed by atoms with van der Waals surface area (Å²) in [5.41, 5.74) is 6.77. The average Bonchev–Trinajstić information content (AvgIpc) is 3.27. The van der Waals surface area contributed by atoms with Crippen LogP contribution in [0.2, 0.25) is 5.02 Å². The Labute approximate surface area is 231 Å². The van der Waals surface area contributed by atoms with Crippen molar-refractivity contribution in [1.29, 1.82) is 0 Å². The molecule has 1 aliphatic rings. The van der Waals surface area contributed by atoms with Crippen molar-refractivity contribution in [3.63, 3.8) is 0 Å². The van der Waals surface area contributed by atoms with E-state index in [0.29, 0.717) is 42.2 Å². The summed E-state index contributed by atoms with van der Waals surface area (Å²) in [6.45, 7) is -0.288. The number of ether oxygens (including phenoxy) is 1. The van der Waals surface area contributed by atoms with Crippen molar-refractivity contribution >= 4 is 34.4 Å². The average molecular weight is 529 g/mol. The molecule has 0 saturated heterocycles. The van der Waals surface area contributed by atoms with Gasteiger partial charge in [0.1, 0.15) is 12.4 Å². The van der Waals surface area contributed by atoms with E-state index in [-0.39, 0.29) is 69.4 Å². The van der Waals surface area contributed by atoms with Crippen molar-refractivity contribution in [2.45, 2.75) is 32.0 Å². The van der Waals surface area contributed by atoms with Gasteiger partial charge in [0.25, 0.3) is 0 Å². The number of carbonyl (C=O) groups excluding carboxylic acids is 1. The number of hydrogen-bond acceptors (Lipinski definition) is 5. The standard InChI is InChI=1S/C25H19ClF4N2O3.Na/c26-17-5-4-13(22(27)10-17)12-35-23-21(9-16(11-32-23)25(28,29)30)20-3-1-2-19(20)14-6-15(24(33)34)8-18(31)7-14;/h4-11H,1-3,12,31H2,(H,33,34);/q;+1/p-1. The molecule has 0 spiro atoms. The fourth-order valence-corrected chi connectivity index (χ4v) is 4.19. The molecule has 0 fully saturated rings. The van der Waals surface area contributed by atoms with Gasteiger partial charge in [-0.05, 0) is 77.9 Å². The number of aromatic nitrogens is 1. The molecule has 2 N–H and O–H groups in total. The fourth-order valence-electron chi connectivity index (χ4n) is 4.03. The summed E-state index contributed by atoms with van der Waals surface area (Å²) >= 11 is 5.77. The minimum Gasteiger partial charge on any atom is -0.545 e. The first-order chi connectivity index (χ1) is 16.5. The first kappa shape index (κ1) is 28.0. The molecule has 36 heavy (non-hydrogen) atoms. The summed E-state index contributed by atoms with van der Waals surface area (Å²) in [6, 6.07) is 9.09. The third kappa shape index (κ3) is 6.21. The van der Waals surface area contributed by atoms with E-state index < -0.39 is 23.5 Å². The minimum atomic E-state index is -4.65. The van der Waals surface area contributed by atoms with Crippen LogP contribution in [-0.2, 0) is 12.8 Å². The molecule has 5 nitrogen and oxygen atoms in total. The SMILES string of the molecule is Nc1cc(C(=O)[O-])cc(C2=C(c3cc(C(F)(F)F)cnc3OCc3ccc(Cl)cc3F)CCC2)c1.[Na+]. The number of carboxylic acids is 1. The van der Waals surface area contributed by atoms with Gasteiger partial charge < -0.3 is 20.4 Å². The van der Waals surface area contributed by atoms with Crippen LogP contribution in [0.15, 0.2) is 48.7 Å². The smallest absolute Gasteiger partial charge is 0.545 e. The number of nitrogens with two attached hydrogens (primary N) is 1. The number of carbonyl (C=O) groups is 1. The molecular weight excluding hydrogens is 511 g/mol. The Morgan fingerprint density at radius 3 is 2.50 bits per heavy atom. The molecule has 0 saturated carbocycles. The van der Waals surface area contributed by atoms with E-state index >= 15 is 0 Å². The predicted octanol–water partition coefficient (Wildman–Crippen LogP) is 2.52. The minimum absolute atomic E-state index is 0. The normalized spacial score (nSPS) is 13.5. The Kier molecular flexibility index (Phi) is 8.71. The summed E-state index contributed by atoms with van der Waals surface area (Å²) in [6.07, 6.45) is -2.50. The van der Waals surface area contributed by atoms with Crippen molar-refractivity contribution in [2.75, 3.05) is 5.73 Å². The molecule has 0 bridgehead atoms.